The summed E-state index contributed by atoms with van der Waals surface area (Å²) in [6, 6.07) is 12.7. The first-order chi connectivity index (χ1) is 16.5. The fraction of sp³-hybridized carbons (Fsp3) is 0.280. The van der Waals surface area contributed by atoms with Crippen molar-refractivity contribution in [3.63, 3.8) is 0 Å². The number of carbonyl (C=O) groups is 2. The molecule has 35 heavy (non-hydrogen) atoms. The Balaban J connectivity index is 1.82. The molecule has 0 saturated carbocycles. The summed E-state index contributed by atoms with van der Waals surface area (Å²) in [6.45, 7) is 5.31. The van der Waals surface area contributed by atoms with E-state index >= 15 is 0 Å². The Bertz CT molecular complexity index is 1300. The summed E-state index contributed by atoms with van der Waals surface area (Å²) in [5, 5.41) is 9.29. The molecular weight excluding hydrogens is 461 g/mol. The van der Waals surface area contributed by atoms with Crippen molar-refractivity contribution < 1.29 is 22.8 Å². The number of hydrogen-bond acceptors (Lipinski definition) is 4. The molecule has 0 radical (unpaired) electrons. The summed E-state index contributed by atoms with van der Waals surface area (Å²) in [5.41, 5.74) is -1.13. The number of para-hydroxylation sites is 1. The normalized spacial score (nSPS) is 11.4. The summed E-state index contributed by atoms with van der Waals surface area (Å²) in [5.74, 6) is -0.765. The maximum atomic E-state index is 13.5. The minimum absolute atomic E-state index is 0.0147. The van der Waals surface area contributed by atoms with Crippen LogP contribution in [0.1, 0.15) is 47.6 Å². The van der Waals surface area contributed by atoms with Gasteiger partial charge in [0, 0.05) is 30.4 Å². The van der Waals surface area contributed by atoms with Gasteiger partial charge in [-0.15, -0.1) is 0 Å². The lowest BCUT2D eigenvalue weighted by Crippen LogP contribution is -2.32. The quantitative estimate of drug-likeness (QED) is 0.515. The van der Waals surface area contributed by atoms with Gasteiger partial charge in [0.15, 0.2) is 5.69 Å². The number of benzene rings is 2. The van der Waals surface area contributed by atoms with Crippen LogP contribution in [0.25, 0.3) is 5.69 Å². The van der Waals surface area contributed by atoms with Gasteiger partial charge in [0.2, 0.25) is 11.3 Å². The number of nitrogens with zero attached hydrogens (tertiary/aromatic N) is 2. The van der Waals surface area contributed by atoms with E-state index in [-0.39, 0.29) is 29.8 Å². The number of rotatable bonds is 7. The van der Waals surface area contributed by atoms with Crippen molar-refractivity contribution in [1.29, 1.82) is 0 Å². The van der Waals surface area contributed by atoms with Crippen LogP contribution < -0.4 is 16.1 Å². The molecule has 0 aliphatic heterocycles. The highest BCUT2D eigenvalue weighted by atomic mass is 19.4. The van der Waals surface area contributed by atoms with Crippen LogP contribution in [-0.4, -0.2) is 21.6 Å². The van der Waals surface area contributed by atoms with Crippen LogP contribution in [0.4, 0.5) is 18.9 Å². The number of alkyl halides is 3. The molecule has 0 fully saturated rings. The van der Waals surface area contributed by atoms with Crippen molar-refractivity contribution in [3.8, 4) is 5.69 Å². The third kappa shape index (κ3) is 6.56. The SMILES string of the molecule is Cc1cc(=O)c(C(=O)NCc2cccc(NC(=O)CC(C)C)c2)nn1-c1ccccc1C(F)(F)F. The van der Waals surface area contributed by atoms with E-state index in [4.69, 9.17) is 0 Å². The van der Waals surface area contributed by atoms with E-state index in [1.54, 1.807) is 24.3 Å². The Labute approximate surface area is 200 Å². The molecule has 0 unspecified atom stereocenters. The molecule has 2 N–H and O–H groups in total. The average molecular weight is 486 g/mol. The molecule has 2 amide bonds. The molecule has 0 spiro atoms. The van der Waals surface area contributed by atoms with Crippen LogP contribution in [0, 0.1) is 12.8 Å². The van der Waals surface area contributed by atoms with Gasteiger partial charge in [-0.25, -0.2) is 4.68 Å². The van der Waals surface area contributed by atoms with E-state index in [0.29, 0.717) is 17.7 Å². The van der Waals surface area contributed by atoms with Gasteiger partial charge in [0.05, 0.1) is 11.3 Å². The van der Waals surface area contributed by atoms with Gasteiger partial charge >= 0.3 is 6.18 Å². The van der Waals surface area contributed by atoms with Crippen molar-refractivity contribution in [2.75, 3.05) is 5.32 Å². The number of aromatic nitrogens is 2. The van der Waals surface area contributed by atoms with Gasteiger partial charge in [-0.3, -0.25) is 14.4 Å². The van der Waals surface area contributed by atoms with E-state index in [1.807, 2.05) is 13.8 Å². The first-order valence-electron chi connectivity index (χ1n) is 10.9. The Morgan fingerprint density at radius 2 is 1.77 bits per heavy atom. The molecule has 0 atom stereocenters. The van der Waals surface area contributed by atoms with Gasteiger partial charge < -0.3 is 10.6 Å². The Hall–Kier alpha value is -3.95. The van der Waals surface area contributed by atoms with Crippen LogP contribution in [0.3, 0.4) is 0 Å². The zero-order valence-electron chi connectivity index (χ0n) is 19.4. The molecule has 184 valence electrons. The number of aryl methyl sites for hydroxylation is 1. The molecule has 1 heterocycles. The van der Waals surface area contributed by atoms with Crippen LogP contribution >= 0.6 is 0 Å². The zero-order valence-corrected chi connectivity index (χ0v) is 19.4. The topological polar surface area (TPSA) is 93.1 Å². The van der Waals surface area contributed by atoms with Crippen LogP contribution in [0.15, 0.2) is 59.4 Å². The molecule has 0 bridgehead atoms. The van der Waals surface area contributed by atoms with E-state index in [9.17, 15) is 27.6 Å². The maximum Gasteiger partial charge on any atom is 0.418 e. The molecule has 0 saturated heterocycles. The Kier molecular flexibility index (Phi) is 7.73. The Morgan fingerprint density at radius 3 is 2.46 bits per heavy atom. The zero-order chi connectivity index (χ0) is 25.8. The number of anilines is 1. The largest absolute Gasteiger partial charge is 0.418 e. The van der Waals surface area contributed by atoms with Crippen molar-refractivity contribution in [2.24, 2.45) is 5.92 Å². The van der Waals surface area contributed by atoms with Crippen molar-refractivity contribution in [3.05, 3.63) is 87.3 Å². The standard InChI is InChI=1S/C25H25F3N4O3/c1-15(2)11-22(34)30-18-8-6-7-17(13-18)14-29-24(35)23-21(33)12-16(3)32(31-23)20-10-5-4-9-19(20)25(26,27)28/h4-10,12-13,15H,11,14H2,1-3H3,(H,29,35)(H,30,34). The molecular formula is C25H25F3N4O3. The fourth-order valence-electron chi connectivity index (χ4n) is 3.45. The molecule has 2 aromatic carbocycles. The smallest absolute Gasteiger partial charge is 0.346 e. The third-order valence-corrected chi connectivity index (χ3v) is 5.02. The second kappa shape index (κ2) is 10.5. The molecule has 1 aromatic heterocycles. The number of hydrogen-bond donors (Lipinski definition) is 2. The Morgan fingerprint density at radius 1 is 1.06 bits per heavy atom. The third-order valence-electron chi connectivity index (χ3n) is 5.02. The maximum absolute atomic E-state index is 13.5. The van der Waals surface area contributed by atoms with Gasteiger partial charge in [-0.2, -0.15) is 18.3 Å². The van der Waals surface area contributed by atoms with Crippen LogP contribution in [-0.2, 0) is 17.5 Å². The van der Waals surface area contributed by atoms with Crippen LogP contribution in [0.5, 0.6) is 0 Å². The van der Waals surface area contributed by atoms with Crippen LogP contribution in [0.2, 0.25) is 0 Å². The summed E-state index contributed by atoms with van der Waals surface area (Å²) in [6.07, 6.45) is -4.28. The summed E-state index contributed by atoms with van der Waals surface area (Å²) in [7, 11) is 0. The van der Waals surface area contributed by atoms with Gasteiger partial charge in [-0.05, 0) is 42.7 Å². The van der Waals surface area contributed by atoms with E-state index in [1.165, 1.54) is 25.1 Å². The van der Waals surface area contributed by atoms with Gasteiger partial charge in [-0.1, -0.05) is 38.1 Å². The first-order valence-corrected chi connectivity index (χ1v) is 10.9. The number of halogens is 3. The molecule has 0 aliphatic rings. The monoisotopic (exact) mass is 486 g/mol. The molecule has 3 rings (SSSR count). The highest BCUT2D eigenvalue weighted by Crippen LogP contribution is 2.33. The first kappa shape index (κ1) is 25.7. The number of amides is 2. The fourth-order valence-corrected chi connectivity index (χ4v) is 3.45. The molecule has 0 aliphatic carbocycles. The van der Waals surface area contributed by atoms with Crippen molar-refractivity contribution in [1.82, 2.24) is 15.1 Å². The summed E-state index contributed by atoms with van der Waals surface area (Å²) in [4.78, 5) is 37.1. The van der Waals surface area contributed by atoms with E-state index < -0.39 is 28.8 Å². The van der Waals surface area contributed by atoms with E-state index in [0.717, 1.165) is 16.8 Å². The highest BCUT2D eigenvalue weighted by Gasteiger charge is 2.34. The average Bonchev–Trinajstić information content (AvgIpc) is 2.76. The second-order valence-electron chi connectivity index (χ2n) is 8.45. The lowest BCUT2D eigenvalue weighted by molar-refractivity contribution is -0.137. The van der Waals surface area contributed by atoms with E-state index in [2.05, 4.69) is 15.7 Å². The number of carbonyl (C=O) groups excluding carboxylic acids is 2. The lowest BCUT2D eigenvalue weighted by Gasteiger charge is -2.16. The van der Waals surface area contributed by atoms with Crippen molar-refractivity contribution in [2.45, 2.75) is 39.9 Å². The number of nitrogens with one attached hydrogen (secondary N) is 2. The lowest BCUT2D eigenvalue weighted by atomic mass is 10.1. The highest BCUT2D eigenvalue weighted by molar-refractivity contribution is 5.92. The van der Waals surface area contributed by atoms with Gasteiger partial charge in [0.25, 0.3) is 5.91 Å². The van der Waals surface area contributed by atoms with Gasteiger partial charge in [0.1, 0.15) is 0 Å². The molecule has 3 aromatic rings. The minimum atomic E-state index is -4.65. The molecule has 7 nitrogen and oxygen atoms in total. The van der Waals surface area contributed by atoms with Crippen molar-refractivity contribution >= 4 is 17.5 Å². The minimum Gasteiger partial charge on any atom is -0.346 e. The second-order valence-corrected chi connectivity index (χ2v) is 8.45. The molecule has 10 heteroatoms. The predicted molar refractivity (Wildman–Crippen MR) is 125 cm³/mol. The predicted octanol–water partition coefficient (Wildman–Crippen LogP) is 4.47. The summed E-state index contributed by atoms with van der Waals surface area (Å²) < 4.78 is 41.4. The summed E-state index contributed by atoms with van der Waals surface area (Å²) >= 11 is 0.